The van der Waals surface area contributed by atoms with Gasteiger partial charge in [-0.25, -0.2) is 0 Å². The summed E-state index contributed by atoms with van der Waals surface area (Å²) in [6.45, 7) is 1.15. The molecule has 1 heterocycles. The number of rotatable bonds is 2. The van der Waals surface area contributed by atoms with Crippen molar-refractivity contribution in [2.24, 2.45) is 5.92 Å². The molecule has 0 spiro atoms. The number of benzene rings is 1. The highest BCUT2D eigenvalue weighted by Gasteiger charge is 2.34. The first kappa shape index (κ1) is 11.7. The monoisotopic (exact) mass is 247 g/mol. The molecule has 0 saturated carbocycles. The molecule has 0 bridgehead atoms. The van der Waals surface area contributed by atoms with Crippen molar-refractivity contribution < 1.29 is 14.6 Å². The molecule has 1 saturated heterocycles. The Hall–Kier alpha value is -1.39. The molecule has 1 aromatic carbocycles. The number of hydrogen-bond donors (Lipinski definition) is 2. The molecule has 2 aliphatic rings. The van der Waals surface area contributed by atoms with Gasteiger partial charge in [-0.05, 0) is 17.5 Å². The predicted octanol–water partition coefficient (Wildman–Crippen LogP) is 0.797. The topological polar surface area (TPSA) is 58.6 Å². The number of amides is 1. The molecule has 1 aromatic rings. The number of nitrogens with one attached hydrogen (secondary N) is 1. The van der Waals surface area contributed by atoms with E-state index in [0.29, 0.717) is 19.6 Å². The summed E-state index contributed by atoms with van der Waals surface area (Å²) in [5.74, 6) is -0.0711. The van der Waals surface area contributed by atoms with Crippen molar-refractivity contribution in [2.45, 2.75) is 25.0 Å². The van der Waals surface area contributed by atoms with Crippen LogP contribution < -0.4 is 5.32 Å². The molecule has 1 amide bonds. The van der Waals surface area contributed by atoms with Crippen LogP contribution in [0.25, 0.3) is 0 Å². The average Bonchev–Trinajstić information content (AvgIpc) is 2.98. The van der Waals surface area contributed by atoms with Gasteiger partial charge in [0.15, 0.2) is 0 Å². The summed E-state index contributed by atoms with van der Waals surface area (Å²) in [4.78, 5) is 12.1. The highest BCUT2D eigenvalue weighted by atomic mass is 16.5. The Labute approximate surface area is 106 Å². The van der Waals surface area contributed by atoms with Crippen LogP contribution in [0.15, 0.2) is 24.3 Å². The van der Waals surface area contributed by atoms with Crippen LogP contribution in [0.1, 0.15) is 23.6 Å². The third-order valence-corrected chi connectivity index (χ3v) is 3.80. The number of carbonyl (C=O) groups is 1. The van der Waals surface area contributed by atoms with E-state index in [9.17, 15) is 9.90 Å². The molecule has 96 valence electrons. The van der Waals surface area contributed by atoms with Gasteiger partial charge in [0, 0.05) is 13.0 Å². The maximum Gasteiger partial charge on any atom is 0.226 e. The number of aliphatic hydroxyl groups is 1. The zero-order chi connectivity index (χ0) is 12.5. The smallest absolute Gasteiger partial charge is 0.226 e. The van der Waals surface area contributed by atoms with Gasteiger partial charge >= 0.3 is 0 Å². The summed E-state index contributed by atoms with van der Waals surface area (Å²) in [5, 5.41) is 13.0. The minimum Gasteiger partial charge on any atom is -0.390 e. The van der Waals surface area contributed by atoms with E-state index in [4.69, 9.17) is 4.74 Å². The van der Waals surface area contributed by atoms with Gasteiger partial charge < -0.3 is 15.2 Å². The normalized spacial score (nSPS) is 30.2. The lowest BCUT2D eigenvalue weighted by atomic mass is 10.0. The number of fused-ring (bicyclic) bond motifs is 1. The largest absolute Gasteiger partial charge is 0.390 e. The first-order valence-electron chi connectivity index (χ1n) is 6.39. The van der Waals surface area contributed by atoms with Crippen LogP contribution in [0, 0.1) is 5.92 Å². The third kappa shape index (κ3) is 2.02. The van der Waals surface area contributed by atoms with E-state index in [1.807, 2.05) is 24.3 Å². The summed E-state index contributed by atoms with van der Waals surface area (Å²) in [7, 11) is 0. The molecule has 1 unspecified atom stereocenters. The van der Waals surface area contributed by atoms with Gasteiger partial charge in [-0.1, -0.05) is 24.3 Å². The molecule has 4 nitrogen and oxygen atoms in total. The van der Waals surface area contributed by atoms with Crippen molar-refractivity contribution in [3.05, 3.63) is 35.4 Å². The maximum absolute atomic E-state index is 12.1. The zero-order valence-electron chi connectivity index (χ0n) is 10.1. The molecule has 1 aliphatic carbocycles. The maximum atomic E-state index is 12.1. The minimum atomic E-state index is -0.520. The molecule has 18 heavy (non-hydrogen) atoms. The minimum absolute atomic E-state index is 0.00625. The van der Waals surface area contributed by atoms with E-state index in [-0.39, 0.29) is 17.9 Å². The number of aliphatic hydroxyl groups excluding tert-OH is 1. The Morgan fingerprint density at radius 2 is 2.22 bits per heavy atom. The highest BCUT2D eigenvalue weighted by molar-refractivity contribution is 5.79. The molecule has 1 aliphatic heterocycles. The number of hydrogen-bond acceptors (Lipinski definition) is 3. The SMILES string of the molecule is O=C(N[C@H]1c2ccccc2C[C@H]1O)C1CCOC1. The predicted molar refractivity (Wildman–Crippen MR) is 66.0 cm³/mol. The lowest BCUT2D eigenvalue weighted by Crippen LogP contribution is -2.38. The molecule has 3 rings (SSSR count). The number of ether oxygens (including phenoxy) is 1. The molecule has 1 fully saturated rings. The van der Waals surface area contributed by atoms with Crippen molar-refractivity contribution in [3.8, 4) is 0 Å². The Morgan fingerprint density at radius 3 is 3.00 bits per heavy atom. The Morgan fingerprint density at radius 1 is 1.39 bits per heavy atom. The fraction of sp³-hybridized carbons (Fsp3) is 0.500. The molecule has 3 atom stereocenters. The summed E-state index contributed by atoms with van der Waals surface area (Å²) >= 11 is 0. The van der Waals surface area contributed by atoms with Gasteiger partial charge in [-0.2, -0.15) is 0 Å². The second-order valence-corrected chi connectivity index (χ2v) is 5.02. The first-order valence-corrected chi connectivity index (χ1v) is 6.39. The van der Waals surface area contributed by atoms with Crippen molar-refractivity contribution in [3.63, 3.8) is 0 Å². The summed E-state index contributed by atoms with van der Waals surface area (Å²) < 4.78 is 5.22. The molecule has 4 heteroatoms. The van der Waals surface area contributed by atoms with Gasteiger partial charge in [-0.3, -0.25) is 4.79 Å². The summed E-state index contributed by atoms with van der Waals surface area (Å²) in [6, 6.07) is 7.61. The van der Waals surface area contributed by atoms with Gasteiger partial charge in [0.25, 0.3) is 0 Å². The molecular weight excluding hydrogens is 230 g/mol. The second-order valence-electron chi connectivity index (χ2n) is 5.02. The molecule has 2 N–H and O–H groups in total. The van der Waals surface area contributed by atoms with Crippen LogP contribution in [0.3, 0.4) is 0 Å². The zero-order valence-corrected chi connectivity index (χ0v) is 10.1. The summed E-state index contributed by atoms with van der Waals surface area (Å²) in [5.41, 5.74) is 2.16. The van der Waals surface area contributed by atoms with Crippen molar-refractivity contribution in [1.82, 2.24) is 5.32 Å². The fourth-order valence-corrected chi connectivity index (χ4v) is 2.76. The van der Waals surface area contributed by atoms with Crippen molar-refractivity contribution in [2.75, 3.05) is 13.2 Å². The van der Waals surface area contributed by atoms with E-state index in [2.05, 4.69) is 5.32 Å². The van der Waals surface area contributed by atoms with E-state index in [1.165, 1.54) is 0 Å². The lowest BCUT2D eigenvalue weighted by Gasteiger charge is -2.19. The Kier molecular flexibility index (Phi) is 3.06. The fourth-order valence-electron chi connectivity index (χ4n) is 2.76. The lowest BCUT2D eigenvalue weighted by molar-refractivity contribution is -0.126. The van der Waals surface area contributed by atoms with Crippen LogP contribution in [-0.2, 0) is 16.0 Å². The van der Waals surface area contributed by atoms with Gasteiger partial charge in [-0.15, -0.1) is 0 Å². The van der Waals surface area contributed by atoms with Gasteiger partial charge in [0.2, 0.25) is 5.91 Å². The second kappa shape index (κ2) is 4.71. The summed E-state index contributed by atoms with van der Waals surface area (Å²) in [6.07, 6.45) is 0.868. The van der Waals surface area contributed by atoms with Crippen LogP contribution >= 0.6 is 0 Å². The van der Waals surface area contributed by atoms with Crippen LogP contribution in [0.5, 0.6) is 0 Å². The van der Waals surface area contributed by atoms with Crippen LogP contribution in [-0.4, -0.2) is 30.3 Å². The standard InChI is InChI=1S/C14H17NO3/c16-12-7-9-3-1-2-4-11(9)13(12)15-14(17)10-5-6-18-8-10/h1-4,10,12-13,16H,5-8H2,(H,15,17)/t10?,12-,13+/m1/s1. The third-order valence-electron chi connectivity index (χ3n) is 3.80. The number of carbonyl (C=O) groups excluding carboxylic acids is 1. The first-order chi connectivity index (χ1) is 8.75. The van der Waals surface area contributed by atoms with E-state index in [0.717, 1.165) is 17.5 Å². The Balaban J connectivity index is 1.74. The quantitative estimate of drug-likeness (QED) is 0.812. The molecule has 0 radical (unpaired) electrons. The highest BCUT2D eigenvalue weighted by Crippen LogP contribution is 2.31. The molecular formula is C14H17NO3. The average molecular weight is 247 g/mol. The van der Waals surface area contributed by atoms with E-state index >= 15 is 0 Å². The Bertz CT molecular complexity index is 454. The van der Waals surface area contributed by atoms with Crippen molar-refractivity contribution >= 4 is 5.91 Å². The van der Waals surface area contributed by atoms with Crippen LogP contribution in [0.2, 0.25) is 0 Å². The van der Waals surface area contributed by atoms with E-state index < -0.39 is 6.10 Å². The van der Waals surface area contributed by atoms with E-state index in [1.54, 1.807) is 0 Å². The molecule has 0 aromatic heterocycles. The van der Waals surface area contributed by atoms with Gasteiger partial charge in [0.05, 0.1) is 24.7 Å². The van der Waals surface area contributed by atoms with Gasteiger partial charge in [0.1, 0.15) is 0 Å². The van der Waals surface area contributed by atoms with Crippen molar-refractivity contribution in [1.29, 1.82) is 0 Å². The van der Waals surface area contributed by atoms with Crippen LogP contribution in [0.4, 0.5) is 0 Å².